The summed E-state index contributed by atoms with van der Waals surface area (Å²) < 4.78 is 66.9. The van der Waals surface area contributed by atoms with Gasteiger partial charge in [-0.15, -0.1) is 0 Å². The van der Waals surface area contributed by atoms with Crippen LogP contribution in [0, 0.1) is 11.8 Å². The number of ether oxygens (including phenoxy) is 4. The summed E-state index contributed by atoms with van der Waals surface area (Å²) in [4.78, 5) is 32.4. The molecule has 54 heavy (non-hydrogen) atoms. The van der Waals surface area contributed by atoms with Crippen LogP contribution in [0.25, 0.3) is 0 Å². The minimum Gasteiger partial charge on any atom is -0.493 e. The summed E-state index contributed by atoms with van der Waals surface area (Å²) in [5.41, 5.74) is 2.93. The van der Waals surface area contributed by atoms with Crippen LogP contribution < -0.4 is 9.64 Å². The van der Waals surface area contributed by atoms with Gasteiger partial charge in [-0.25, -0.2) is 4.79 Å². The highest BCUT2D eigenvalue weighted by atomic mass is 35.5. The molecule has 3 aliphatic carbocycles. The van der Waals surface area contributed by atoms with E-state index < -0.39 is 35.3 Å². The van der Waals surface area contributed by atoms with E-state index in [9.17, 15) is 22.8 Å². The van der Waals surface area contributed by atoms with Crippen LogP contribution in [0.15, 0.2) is 54.7 Å². The number of hydrogen-bond donors (Lipinski definition) is 0. The van der Waals surface area contributed by atoms with Gasteiger partial charge in [-0.1, -0.05) is 43.6 Å². The maximum Gasteiger partial charge on any atom is 0.471 e. The molecule has 2 aromatic carbocycles. The number of halogens is 4. The van der Waals surface area contributed by atoms with E-state index in [0.29, 0.717) is 43.5 Å². The van der Waals surface area contributed by atoms with E-state index in [1.165, 1.54) is 29.8 Å². The smallest absolute Gasteiger partial charge is 0.471 e. The monoisotopic (exact) mass is 768 g/mol. The zero-order chi connectivity index (χ0) is 38.3. The quantitative estimate of drug-likeness (QED) is 0.201. The molecule has 2 fully saturated rings. The van der Waals surface area contributed by atoms with E-state index >= 15 is 0 Å². The van der Waals surface area contributed by atoms with E-state index in [4.69, 9.17) is 30.5 Å². The number of aryl methyl sites for hydroxylation is 1. The Kier molecular flexibility index (Phi) is 11.1. The predicted molar refractivity (Wildman–Crippen MR) is 198 cm³/mol. The Morgan fingerprint density at radius 2 is 1.81 bits per heavy atom. The van der Waals surface area contributed by atoms with Gasteiger partial charge in [0.1, 0.15) is 11.3 Å². The van der Waals surface area contributed by atoms with E-state index in [1.807, 2.05) is 18.3 Å². The predicted octanol–water partition coefficient (Wildman–Crippen LogP) is 9.21. The van der Waals surface area contributed by atoms with Crippen molar-refractivity contribution in [2.75, 3.05) is 31.8 Å². The molecule has 2 heterocycles. The first-order valence-corrected chi connectivity index (χ1v) is 19.5. The highest BCUT2D eigenvalue weighted by Gasteiger charge is 2.60. The number of methoxy groups -OCH3 is 1. The number of carbonyl (C=O) groups excluding carboxylic acids is 2. The average molecular weight is 769 g/mol. The number of benzene rings is 2. The van der Waals surface area contributed by atoms with Gasteiger partial charge in [0, 0.05) is 33.7 Å². The first kappa shape index (κ1) is 38.6. The van der Waals surface area contributed by atoms with E-state index in [2.05, 4.69) is 31.0 Å². The van der Waals surface area contributed by atoms with Crippen molar-refractivity contribution in [3.8, 4) is 5.75 Å². The molecule has 8 nitrogen and oxygen atoms in total. The lowest BCUT2D eigenvalue weighted by Crippen LogP contribution is -2.63. The van der Waals surface area contributed by atoms with Crippen LogP contribution in [0.4, 0.5) is 18.9 Å². The van der Waals surface area contributed by atoms with Crippen molar-refractivity contribution in [2.45, 2.75) is 107 Å². The fourth-order valence-corrected chi connectivity index (χ4v) is 9.89. The number of esters is 1. The number of nitrogens with zero attached hydrogens (tertiary/aromatic N) is 2. The number of rotatable bonds is 9. The van der Waals surface area contributed by atoms with Crippen molar-refractivity contribution < 1.29 is 41.7 Å². The minimum atomic E-state index is -5.25. The second kappa shape index (κ2) is 15.5. The second-order valence-electron chi connectivity index (χ2n) is 15.7. The van der Waals surface area contributed by atoms with Gasteiger partial charge in [0.25, 0.3) is 0 Å². The Morgan fingerprint density at radius 3 is 2.52 bits per heavy atom. The van der Waals surface area contributed by atoms with Gasteiger partial charge < -0.3 is 18.9 Å². The molecule has 3 aromatic rings. The van der Waals surface area contributed by atoms with E-state index in [-0.39, 0.29) is 35.4 Å². The molecule has 1 amide bonds. The number of alkyl halides is 3. The summed E-state index contributed by atoms with van der Waals surface area (Å²) in [5.74, 6) is -1.54. The van der Waals surface area contributed by atoms with Crippen LogP contribution in [0.1, 0.15) is 105 Å². The molecule has 0 radical (unpaired) electrons. The number of hydrogen-bond acceptors (Lipinski definition) is 7. The van der Waals surface area contributed by atoms with Crippen molar-refractivity contribution >= 4 is 29.2 Å². The van der Waals surface area contributed by atoms with Gasteiger partial charge in [-0.2, -0.15) is 13.2 Å². The van der Waals surface area contributed by atoms with Crippen molar-refractivity contribution in [3.05, 3.63) is 87.7 Å². The maximum absolute atomic E-state index is 14.4. The number of aromatic nitrogens is 1. The molecule has 1 aliphatic heterocycles. The largest absolute Gasteiger partial charge is 0.493 e. The van der Waals surface area contributed by atoms with Crippen molar-refractivity contribution in [1.82, 2.24) is 4.98 Å². The molecule has 12 heteroatoms. The zero-order valence-corrected chi connectivity index (χ0v) is 31.8. The van der Waals surface area contributed by atoms with Gasteiger partial charge in [0.15, 0.2) is 6.29 Å². The first-order chi connectivity index (χ1) is 25.9. The summed E-state index contributed by atoms with van der Waals surface area (Å²) in [6, 6.07) is 13.9. The fraction of sp³-hybridized carbons (Fsp3) is 0.548. The van der Waals surface area contributed by atoms with Crippen LogP contribution in [-0.4, -0.2) is 55.5 Å². The highest BCUT2D eigenvalue weighted by molar-refractivity contribution is 6.31. The molecule has 7 rings (SSSR count). The Labute approximate surface area is 319 Å². The van der Waals surface area contributed by atoms with E-state index in [0.717, 1.165) is 73.8 Å². The topological polar surface area (TPSA) is 87.2 Å². The molecular formula is C42H48ClF3N2O6. The summed E-state index contributed by atoms with van der Waals surface area (Å²) in [7, 11) is 1.15. The maximum atomic E-state index is 14.4. The first-order valence-electron chi connectivity index (χ1n) is 19.1. The average Bonchev–Trinajstić information content (AvgIpc) is 3.45. The molecule has 1 spiro atoms. The third-order valence-electron chi connectivity index (χ3n) is 12.3. The molecule has 0 bridgehead atoms. The van der Waals surface area contributed by atoms with Crippen molar-refractivity contribution in [2.24, 2.45) is 11.8 Å². The number of pyridine rings is 1. The van der Waals surface area contributed by atoms with Gasteiger partial charge in [-0.05, 0) is 129 Å². The van der Waals surface area contributed by atoms with Crippen molar-refractivity contribution in [1.29, 1.82) is 0 Å². The lowest BCUT2D eigenvalue weighted by Gasteiger charge is -2.51. The van der Waals surface area contributed by atoms with Gasteiger partial charge in [0.05, 0.1) is 26.9 Å². The molecule has 3 atom stereocenters. The summed E-state index contributed by atoms with van der Waals surface area (Å²) in [6.07, 6.45) is 2.18. The number of carbonyl (C=O) groups is 2. The Bertz CT molecular complexity index is 1860. The lowest BCUT2D eigenvalue weighted by molar-refractivity contribution is -0.183. The summed E-state index contributed by atoms with van der Waals surface area (Å²) in [5, 5.41) is 0.141. The van der Waals surface area contributed by atoms with Crippen LogP contribution >= 0.6 is 11.6 Å². The van der Waals surface area contributed by atoms with Crippen LogP contribution in [0.5, 0.6) is 5.75 Å². The zero-order valence-electron chi connectivity index (χ0n) is 31.1. The lowest BCUT2D eigenvalue weighted by atomic mass is 9.59. The molecule has 0 unspecified atom stereocenters. The van der Waals surface area contributed by atoms with E-state index in [1.54, 1.807) is 0 Å². The van der Waals surface area contributed by atoms with Gasteiger partial charge >= 0.3 is 18.1 Å². The van der Waals surface area contributed by atoms with Crippen LogP contribution in [-0.2, 0) is 42.1 Å². The van der Waals surface area contributed by atoms with Gasteiger partial charge in [-0.3, -0.25) is 14.7 Å². The molecule has 0 N–H and O–H groups in total. The van der Waals surface area contributed by atoms with Crippen molar-refractivity contribution in [3.63, 3.8) is 0 Å². The highest BCUT2D eigenvalue weighted by Crippen LogP contribution is 2.58. The Hall–Kier alpha value is -3.67. The molecule has 290 valence electrons. The molecular weight excluding hydrogens is 721 g/mol. The van der Waals surface area contributed by atoms with Crippen LogP contribution in [0.3, 0.4) is 0 Å². The minimum absolute atomic E-state index is 0.0451. The standard InChI is InChI=1S/C42H48ClF3N2O6/c1-26(25-54-35-13-18-47-34-10-4-7-27(2)36(34)35)21-30-22-28-11-12-29(37-52-19-6-20-53-37)23-33(28)40(30)14-16-41(17-15-40,39(50)51-3)48(38(49)42(44,45)46)32-9-5-8-31(43)24-32/h5,8-9,11-13,18,23-24,26-27,30,37H,4,6-7,10,14-17,19-22,25H2,1-3H3/t26-,27-,30+,40?,41?/m1/s1. The number of fused-ring (bicyclic) bond motifs is 3. The normalized spacial score (nSPS) is 26.1. The molecule has 4 aliphatic rings. The van der Waals surface area contributed by atoms with Gasteiger partial charge in [0.2, 0.25) is 0 Å². The summed E-state index contributed by atoms with van der Waals surface area (Å²) in [6.45, 7) is 6.06. The Morgan fingerprint density at radius 1 is 1.06 bits per heavy atom. The third-order valence-corrected chi connectivity index (χ3v) is 12.5. The summed E-state index contributed by atoms with van der Waals surface area (Å²) >= 11 is 6.24. The third kappa shape index (κ3) is 7.23. The molecule has 1 saturated heterocycles. The number of amides is 1. The fourth-order valence-electron chi connectivity index (χ4n) is 9.70. The molecule has 1 saturated carbocycles. The second-order valence-corrected chi connectivity index (χ2v) is 16.1. The Balaban J connectivity index is 1.22. The molecule has 1 aromatic heterocycles. The number of anilines is 1. The van der Waals surface area contributed by atoms with Crippen LogP contribution in [0.2, 0.25) is 5.02 Å². The SMILES string of the molecule is COC(=O)C1(N(C(=O)C(F)(F)F)c2cccc(Cl)c2)CCC2(CC1)c1cc(C3OCCCO3)ccc1C[C@@H]2C[C@@H](C)COc1ccnc2c1[C@H](C)CCC2.